The van der Waals surface area contributed by atoms with Crippen LogP contribution in [0.4, 0.5) is 21.7 Å². The molecular formula is C20H17FN4O3. The number of anilines is 3. The largest absolute Gasteiger partial charge is 0.465 e. The van der Waals surface area contributed by atoms with Gasteiger partial charge in [-0.25, -0.2) is 19.2 Å². The Balaban J connectivity index is 1.79. The molecule has 0 radical (unpaired) electrons. The lowest BCUT2D eigenvalue weighted by Crippen LogP contribution is -2.16. The summed E-state index contributed by atoms with van der Waals surface area (Å²) in [5.41, 5.74) is 2.05. The predicted octanol–water partition coefficient (Wildman–Crippen LogP) is 3.71. The highest BCUT2D eigenvalue weighted by molar-refractivity contribution is 6.03. The summed E-state index contributed by atoms with van der Waals surface area (Å²) in [6.07, 6.45) is 0. The molecule has 0 fully saturated rings. The summed E-state index contributed by atoms with van der Waals surface area (Å²) in [6.45, 7) is 1.73. The maximum Gasteiger partial charge on any atom is 0.337 e. The van der Waals surface area contributed by atoms with E-state index < -0.39 is 11.9 Å². The Morgan fingerprint density at radius 2 is 1.75 bits per heavy atom. The number of carbonyl (C=O) groups is 2. The first-order valence-electron chi connectivity index (χ1n) is 8.32. The van der Waals surface area contributed by atoms with E-state index in [0.717, 1.165) is 0 Å². The minimum Gasteiger partial charge on any atom is -0.465 e. The molecule has 142 valence electrons. The van der Waals surface area contributed by atoms with Gasteiger partial charge in [0.15, 0.2) is 0 Å². The van der Waals surface area contributed by atoms with E-state index in [-0.39, 0.29) is 17.5 Å². The van der Waals surface area contributed by atoms with E-state index in [0.29, 0.717) is 22.6 Å². The van der Waals surface area contributed by atoms with Gasteiger partial charge in [-0.1, -0.05) is 6.07 Å². The Hall–Kier alpha value is -3.81. The van der Waals surface area contributed by atoms with Crippen LogP contribution in [0, 0.1) is 12.7 Å². The van der Waals surface area contributed by atoms with E-state index in [1.165, 1.54) is 31.4 Å². The first-order chi connectivity index (χ1) is 13.4. The minimum absolute atomic E-state index is 0.139. The third-order valence-corrected chi connectivity index (χ3v) is 3.73. The maximum atomic E-state index is 13.0. The van der Waals surface area contributed by atoms with Crippen LogP contribution in [0.2, 0.25) is 0 Å². The molecule has 2 N–H and O–H groups in total. The number of aryl methyl sites for hydroxylation is 1. The Morgan fingerprint density at radius 1 is 1.00 bits per heavy atom. The fourth-order valence-corrected chi connectivity index (χ4v) is 2.44. The molecule has 0 atom stereocenters. The van der Waals surface area contributed by atoms with Gasteiger partial charge in [-0.2, -0.15) is 0 Å². The summed E-state index contributed by atoms with van der Waals surface area (Å²) in [4.78, 5) is 32.6. The molecule has 0 aliphatic rings. The highest BCUT2D eigenvalue weighted by Crippen LogP contribution is 2.16. The van der Waals surface area contributed by atoms with E-state index in [9.17, 15) is 14.0 Å². The molecule has 0 bridgehead atoms. The number of hydrogen-bond acceptors (Lipinski definition) is 6. The van der Waals surface area contributed by atoms with Crippen LogP contribution in [0.25, 0.3) is 0 Å². The van der Waals surface area contributed by atoms with Crippen molar-refractivity contribution >= 4 is 29.2 Å². The van der Waals surface area contributed by atoms with Gasteiger partial charge in [0.2, 0.25) is 5.95 Å². The zero-order valence-electron chi connectivity index (χ0n) is 15.2. The Morgan fingerprint density at radius 3 is 2.46 bits per heavy atom. The molecule has 1 heterocycles. The molecule has 0 unspecified atom stereocenters. The lowest BCUT2D eigenvalue weighted by Gasteiger charge is -2.09. The highest BCUT2D eigenvalue weighted by Gasteiger charge is 2.13. The molecule has 8 heteroatoms. The number of aromatic nitrogens is 2. The van der Waals surface area contributed by atoms with Crippen molar-refractivity contribution in [1.82, 2.24) is 9.97 Å². The molecule has 0 saturated heterocycles. The number of esters is 1. The zero-order chi connectivity index (χ0) is 20.1. The van der Waals surface area contributed by atoms with Gasteiger partial charge in [0.25, 0.3) is 5.91 Å². The van der Waals surface area contributed by atoms with Crippen LogP contribution in [0.1, 0.15) is 26.5 Å². The quantitative estimate of drug-likeness (QED) is 0.656. The SMILES string of the molecule is COC(=O)c1cccc(NC(=O)c2cc(C)nc(Nc3ccc(F)cc3)n2)c1. The zero-order valence-corrected chi connectivity index (χ0v) is 15.2. The summed E-state index contributed by atoms with van der Waals surface area (Å²) < 4.78 is 17.7. The number of rotatable bonds is 5. The smallest absolute Gasteiger partial charge is 0.337 e. The topological polar surface area (TPSA) is 93.2 Å². The van der Waals surface area contributed by atoms with Crippen LogP contribution in [0.3, 0.4) is 0 Å². The van der Waals surface area contributed by atoms with Gasteiger partial charge in [-0.15, -0.1) is 0 Å². The van der Waals surface area contributed by atoms with E-state index in [2.05, 4.69) is 25.3 Å². The molecule has 1 aromatic heterocycles. The van der Waals surface area contributed by atoms with Crippen molar-refractivity contribution in [2.75, 3.05) is 17.7 Å². The van der Waals surface area contributed by atoms with Crippen LogP contribution >= 0.6 is 0 Å². The molecule has 0 saturated carbocycles. The van der Waals surface area contributed by atoms with Crippen LogP contribution in [-0.4, -0.2) is 29.0 Å². The van der Waals surface area contributed by atoms with Crippen LogP contribution in [0.15, 0.2) is 54.6 Å². The molecule has 1 amide bonds. The van der Waals surface area contributed by atoms with Gasteiger partial charge < -0.3 is 15.4 Å². The van der Waals surface area contributed by atoms with E-state index in [4.69, 9.17) is 0 Å². The first kappa shape index (κ1) is 19.0. The second kappa shape index (κ2) is 8.26. The van der Waals surface area contributed by atoms with E-state index >= 15 is 0 Å². The van der Waals surface area contributed by atoms with Crippen molar-refractivity contribution in [2.45, 2.75) is 6.92 Å². The molecule has 28 heavy (non-hydrogen) atoms. The lowest BCUT2D eigenvalue weighted by molar-refractivity contribution is 0.0600. The lowest BCUT2D eigenvalue weighted by atomic mass is 10.2. The van der Waals surface area contributed by atoms with Crippen molar-refractivity contribution in [2.24, 2.45) is 0 Å². The predicted molar refractivity (Wildman–Crippen MR) is 102 cm³/mol. The number of hydrogen-bond donors (Lipinski definition) is 2. The van der Waals surface area contributed by atoms with Crippen LogP contribution in [-0.2, 0) is 4.74 Å². The normalized spacial score (nSPS) is 10.2. The van der Waals surface area contributed by atoms with Gasteiger partial charge in [0.05, 0.1) is 12.7 Å². The number of carbonyl (C=O) groups excluding carboxylic acids is 2. The van der Waals surface area contributed by atoms with Crippen LogP contribution in [0.5, 0.6) is 0 Å². The second-order valence-electron chi connectivity index (χ2n) is 5.88. The monoisotopic (exact) mass is 380 g/mol. The third kappa shape index (κ3) is 4.67. The van der Waals surface area contributed by atoms with Crippen molar-refractivity contribution in [1.29, 1.82) is 0 Å². The van der Waals surface area contributed by atoms with Crippen molar-refractivity contribution in [3.63, 3.8) is 0 Å². The van der Waals surface area contributed by atoms with Gasteiger partial charge in [0.1, 0.15) is 11.5 Å². The maximum absolute atomic E-state index is 13.0. The number of ether oxygens (including phenoxy) is 1. The minimum atomic E-state index is -0.500. The number of benzene rings is 2. The van der Waals surface area contributed by atoms with Gasteiger partial charge in [-0.3, -0.25) is 4.79 Å². The Kier molecular flexibility index (Phi) is 5.59. The first-order valence-corrected chi connectivity index (χ1v) is 8.32. The van der Waals surface area contributed by atoms with Gasteiger partial charge in [0, 0.05) is 17.1 Å². The summed E-state index contributed by atoms with van der Waals surface area (Å²) >= 11 is 0. The van der Waals surface area contributed by atoms with Crippen molar-refractivity contribution in [3.8, 4) is 0 Å². The van der Waals surface area contributed by atoms with Crippen molar-refractivity contribution in [3.05, 3.63) is 77.4 Å². The molecule has 2 aromatic carbocycles. The number of nitrogens with one attached hydrogen (secondary N) is 2. The van der Waals surface area contributed by atoms with E-state index in [1.54, 1.807) is 37.3 Å². The summed E-state index contributed by atoms with van der Waals surface area (Å²) in [7, 11) is 1.28. The number of methoxy groups -OCH3 is 1. The molecular weight excluding hydrogens is 363 g/mol. The fourth-order valence-electron chi connectivity index (χ4n) is 2.44. The Labute approximate surface area is 160 Å². The van der Waals surface area contributed by atoms with Crippen LogP contribution < -0.4 is 10.6 Å². The average Bonchev–Trinajstić information content (AvgIpc) is 2.69. The molecule has 0 aliphatic heterocycles. The summed E-state index contributed by atoms with van der Waals surface area (Å²) in [5, 5.41) is 5.62. The van der Waals surface area contributed by atoms with Gasteiger partial charge in [-0.05, 0) is 55.5 Å². The average molecular weight is 380 g/mol. The third-order valence-electron chi connectivity index (χ3n) is 3.73. The number of halogens is 1. The summed E-state index contributed by atoms with van der Waals surface area (Å²) in [5.74, 6) is -1.11. The number of amides is 1. The molecule has 3 aromatic rings. The molecule has 0 aliphatic carbocycles. The molecule has 7 nitrogen and oxygen atoms in total. The standard InChI is InChI=1S/C20H17FN4O3/c1-12-10-17(25-20(22-12)24-15-8-6-14(21)7-9-15)18(26)23-16-5-3-4-13(11-16)19(27)28-2/h3-11H,1-2H3,(H,23,26)(H,22,24,25). The van der Waals surface area contributed by atoms with Gasteiger partial charge >= 0.3 is 5.97 Å². The molecule has 3 rings (SSSR count). The number of nitrogens with zero attached hydrogens (tertiary/aromatic N) is 2. The Bertz CT molecular complexity index is 1020. The van der Waals surface area contributed by atoms with E-state index in [1.807, 2.05) is 0 Å². The molecule has 0 spiro atoms. The second-order valence-corrected chi connectivity index (χ2v) is 5.88. The fraction of sp³-hybridized carbons (Fsp3) is 0.100. The highest BCUT2D eigenvalue weighted by atomic mass is 19.1. The summed E-state index contributed by atoms with van der Waals surface area (Å²) in [6, 6.07) is 13.6. The van der Waals surface area contributed by atoms with Crippen molar-refractivity contribution < 1.29 is 18.7 Å².